The van der Waals surface area contributed by atoms with E-state index >= 15 is 0 Å². The van der Waals surface area contributed by atoms with Crippen LogP contribution in [0, 0.1) is 5.82 Å². The SMILES string of the molecule is Fc1cccc(-c2nnc(Cc3nc(-c4ccc(Cl)cc4)no3)o2)c1. The molecule has 0 aliphatic heterocycles. The maximum atomic E-state index is 13.3. The van der Waals surface area contributed by atoms with Crippen LogP contribution in [0.1, 0.15) is 11.8 Å². The molecular formula is C17H10ClFN4O2. The van der Waals surface area contributed by atoms with Crippen LogP contribution in [0.15, 0.2) is 57.5 Å². The molecule has 0 aliphatic rings. The van der Waals surface area contributed by atoms with Gasteiger partial charge in [-0.1, -0.05) is 22.8 Å². The summed E-state index contributed by atoms with van der Waals surface area (Å²) >= 11 is 5.86. The van der Waals surface area contributed by atoms with E-state index in [2.05, 4.69) is 20.3 Å². The van der Waals surface area contributed by atoms with E-state index < -0.39 is 0 Å². The lowest BCUT2D eigenvalue weighted by Gasteiger charge is -1.94. The Morgan fingerprint density at radius 1 is 0.960 bits per heavy atom. The Labute approximate surface area is 146 Å². The van der Waals surface area contributed by atoms with Crippen molar-refractivity contribution in [3.63, 3.8) is 0 Å². The van der Waals surface area contributed by atoms with Gasteiger partial charge in [0.2, 0.25) is 23.5 Å². The molecule has 0 unspecified atom stereocenters. The summed E-state index contributed by atoms with van der Waals surface area (Å²) < 4.78 is 24.0. The van der Waals surface area contributed by atoms with Gasteiger partial charge in [0.1, 0.15) is 12.2 Å². The van der Waals surface area contributed by atoms with Crippen molar-refractivity contribution in [2.45, 2.75) is 6.42 Å². The van der Waals surface area contributed by atoms with Gasteiger partial charge in [-0.25, -0.2) is 4.39 Å². The number of aromatic nitrogens is 4. The van der Waals surface area contributed by atoms with E-state index in [1.807, 2.05) is 0 Å². The monoisotopic (exact) mass is 356 g/mol. The molecule has 0 aliphatic carbocycles. The Kier molecular flexibility index (Phi) is 3.99. The second kappa shape index (κ2) is 6.45. The number of nitrogens with zero attached hydrogens (tertiary/aromatic N) is 4. The van der Waals surface area contributed by atoms with Crippen molar-refractivity contribution in [3.8, 4) is 22.8 Å². The zero-order valence-corrected chi connectivity index (χ0v) is 13.4. The van der Waals surface area contributed by atoms with Gasteiger partial charge in [-0.05, 0) is 42.5 Å². The average molecular weight is 357 g/mol. The molecular weight excluding hydrogens is 347 g/mol. The van der Waals surface area contributed by atoms with Crippen molar-refractivity contribution in [3.05, 3.63) is 71.2 Å². The maximum Gasteiger partial charge on any atom is 0.247 e. The molecule has 25 heavy (non-hydrogen) atoms. The minimum Gasteiger partial charge on any atom is -0.420 e. The molecule has 0 spiro atoms. The van der Waals surface area contributed by atoms with Crippen LogP contribution in [0.2, 0.25) is 5.02 Å². The van der Waals surface area contributed by atoms with E-state index in [0.717, 1.165) is 5.56 Å². The first-order valence-electron chi connectivity index (χ1n) is 7.34. The summed E-state index contributed by atoms with van der Waals surface area (Å²) in [6, 6.07) is 13.0. The molecule has 4 rings (SSSR count). The van der Waals surface area contributed by atoms with Gasteiger partial charge < -0.3 is 8.94 Å². The number of hydrogen-bond acceptors (Lipinski definition) is 6. The first-order valence-corrected chi connectivity index (χ1v) is 7.72. The molecule has 0 saturated carbocycles. The predicted molar refractivity (Wildman–Crippen MR) is 87.2 cm³/mol. The molecule has 2 heterocycles. The lowest BCUT2D eigenvalue weighted by molar-refractivity contribution is 0.374. The molecule has 2 aromatic carbocycles. The molecule has 0 saturated heterocycles. The second-order valence-corrected chi connectivity index (χ2v) is 5.64. The highest BCUT2D eigenvalue weighted by atomic mass is 35.5. The van der Waals surface area contributed by atoms with Crippen LogP contribution in [-0.2, 0) is 6.42 Å². The average Bonchev–Trinajstić information content (AvgIpc) is 3.26. The molecule has 0 bridgehead atoms. The molecule has 4 aromatic rings. The largest absolute Gasteiger partial charge is 0.420 e. The van der Waals surface area contributed by atoms with Crippen LogP contribution in [0.5, 0.6) is 0 Å². The van der Waals surface area contributed by atoms with Crippen molar-refractivity contribution in [1.82, 2.24) is 20.3 Å². The standard InChI is InChI=1S/C17H10ClFN4O2/c18-12-6-4-10(5-7-12)16-20-14(25-23-16)9-15-21-22-17(24-15)11-2-1-3-13(19)8-11/h1-8H,9H2. The van der Waals surface area contributed by atoms with E-state index in [9.17, 15) is 4.39 Å². The normalized spacial score (nSPS) is 11.0. The van der Waals surface area contributed by atoms with Gasteiger partial charge in [0, 0.05) is 16.1 Å². The topological polar surface area (TPSA) is 77.8 Å². The Morgan fingerprint density at radius 2 is 1.80 bits per heavy atom. The van der Waals surface area contributed by atoms with Gasteiger partial charge in [0.05, 0.1) is 0 Å². The zero-order valence-electron chi connectivity index (χ0n) is 12.7. The number of halogens is 2. The van der Waals surface area contributed by atoms with Gasteiger partial charge in [0.25, 0.3) is 0 Å². The van der Waals surface area contributed by atoms with Gasteiger partial charge >= 0.3 is 0 Å². The number of hydrogen-bond donors (Lipinski definition) is 0. The first-order chi connectivity index (χ1) is 12.2. The Bertz CT molecular complexity index is 1010. The molecule has 8 heteroatoms. The van der Waals surface area contributed by atoms with Gasteiger partial charge in [-0.15, -0.1) is 10.2 Å². The lowest BCUT2D eigenvalue weighted by atomic mass is 10.2. The first kappa shape index (κ1) is 15.5. The smallest absolute Gasteiger partial charge is 0.247 e. The third-order valence-electron chi connectivity index (χ3n) is 3.41. The van der Waals surface area contributed by atoms with Gasteiger partial charge in [-0.2, -0.15) is 4.98 Å². The second-order valence-electron chi connectivity index (χ2n) is 5.21. The molecule has 2 aromatic heterocycles. The van der Waals surface area contributed by atoms with Crippen molar-refractivity contribution < 1.29 is 13.3 Å². The van der Waals surface area contributed by atoms with Crippen LogP contribution in [0.25, 0.3) is 22.8 Å². The minimum atomic E-state index is -0.373. The minimum absolute atomic E-state index is 0.183. The summed E-state index contributed by atoms with van der Waals surface area (Å²) in [5, 5.41) is 12.4. The fourth-order valence-electron chi connectivity index (χ4n) is 2.24. The fourth-order valence-corrected chi connectivity index (χ4v) is 2.36. The van der Waals surface area contributed by atoms with Crippen molar-refractivity contribution in [2.24, 2.45) is 0 Å². The highest BCUT2D eigenvalue weighted by Crippen LogP contribution is 2.21. The summed E-state index contributed by atoms with van der Waals surface area (Å²) in [6.45, 7) is 0. The highest BCUT2D eigenvalue weighted by molar-refractivity contribution is 6.30. The third-order valence-corrected chi connectivity index (χ3v) is 3.66. The Hall–Kier alpha value is -3.06. The molecule has 6 nitrogen and oxygen atoms in total. The summed E-state index contributed by atoms with van der Waals surface area (Å²) in [6.07, 6.45) is 0.183. The fraction of sp³-hybridized carbons (Fsp3) is 0.0588. The van der Waals surface area contributed by atoms with Crippen LogP contribution in [0.3, 0.4) is 0 Å². The lowest BCUT2D eigenvalue weighted by Crippen LogP contribution is -1.88. The summed E-state index contributed by atoms with van der Waals surface area (Å²) in [5.74, 6) is 0.926. The third kappa shape index (κ3) is 3.41. The van der Waals surface area contributed by atoms with E-state index in [0.29, 0.717) is 28.2 Å². The van der Waals surface area contributed by atoms with E-state index in [1.54, 1.807) is 36.4 Å². The maximum absolute atomic E-state index is 13.3. The quantitative estimate of drug-likeness (QED) is 0.546. The number of benzene rings is 2. The zero-order chi connectivity index (χ0) is 17.2. The number of rotatable bonds is 4. The van der Waals surface area contributed by atoms with Crippen LogP contribution in [-0.4, -0.2) is 20.3 Å². The molecule has 0 radical (unpaired) electrons. The summed E-state index contributed by atoms with van der Waals surface area (Å²) in [7, 11) is 0. The predicted octanol–water partition coefficient (Wildman–Crippen LogP) is 4.17. The van der Waals surface area contributed by atoms with Crippen LogP contribution < -0.4 is 0 Å². The molecule has 124 valence electrons. The van der Waals surface area contributed by atoms with Gasteiger partial charge in [0.15, 0.2) is 0 Å². The van der Waals surface area contributed by atoms with E-state index in [-0.39, 0.29) is 18.1 Å². The van der Waals surface area contributed by atoms with Gasteiger partial charge in [-0.3, -0.25) is 0 Å². The molecule has 0 atom stereocenters. The Morgan fingerprint density at radius 3 is 2.60 bits per heavy atom. The summed E-state index contributed by atoms with van der Waals surface area (Å²) in [5.41, 5.74) is 1.29. The van der Waals surface area contributed by atoms with Crippen molar-refractivity contribution >= 4 is 11.6 Å². The van der Waals surface area contributed by atoms with Crippen molar-refractivity contribution in [1.29, 1.82) is 0 Å². The molecule has 0 N–H and O–H groups in total. The highest BCUT2D eigenvalue weighted by Gasteiger charge is 2.14. The molecule has 0 amide bonds. The van der Waals surface area contributed by atoms with Crippen molar-refractivity contribution in [2.75, 3.05) is 0 Å². The van der Waals surface area contributed by atoms with Crippen LogP contribution in [0.4, 0.5) is 4.39 Å². The Balaban J connectivity index is 1.52. The van der Waals surface area contributed by atoms with Crippen LogP contribution >= 0.6 is 11.6 Å². The molecule has 0 fully saturated rings. The van der Waals surface area contributed by atoms with E-state index in [1.165, 1.54) is 12.1 Å². The summed E-state index contributed by atoms with van der Waals surface area (Å²) in [4.78, 5) is 4.29. The van der Waals surface area contributed by atoms with E-state index in [4.69, 9.17) is 20.5 Å².